The highest BCUT2D eigenvalue weighted by atomic mass is 31.2. The lowest BCUT2D eigenvalue weighted by Gasteiger charge is -2.35. The first-order valence-electron chi connectivity index (χ1n) is 13.9. The Balaban J connectivity index is 3.66. The molecule has 0 spiro atoms. The van der Waals surface area contributed by atoms with E-state index >= 15 is 0 Å². The lowest BCUT2D eigenvalue weighted by Crippen LogP contribution is -2.49. The average Bonchev–Trinajstić information content (AvgIpc) is 2.73. The molecule has 0 bridgehead atoms. The molecule has 5 nitrogen and oxygen atoms in total. The second kappa shape index (κ2) is 19.7. The third-order valence-electron chi connectivity index (χ3n) is 6.27. The normalized spacial score (nSPS) is 14.9. The fourth-order valence-electron chi connectivity index (χ4n) is 4.33. The van der Waals surface area contributed by atoms with Gasteiger partial charge in [0.25, 0.3) is 0 Å². The fraction of sp³-hybridized carbons (Fsp3) is 0.857. The summed E-state index contributed by atoms with van der Waals surface area (Å²) in [6.45, 7) is 2.31. The van der Waals surface area contributed by atoms with Crippen molar-refractivity contribution in [3.63, 3.8) is 0 Å². The van der Waals surface area contributed by atoms with Crippen LogP contribution in [0.25, 0.3) is 0 Å². The zero-order valence-electron chi connectivity index (χ0n) is 22.9. The molecule has 0 saturated heterocycles. The lowest BCUT2D eigenvalue weighted by molar-refractivity contribution is -0.875. The highest BCUT2D eigenvalue weighted by molar-refractivity contribution is 7.53. The molecular weight excluding hydrogens is 445 g/mol. The highest BCUT2D eigenvalue weighted by Gasteiger charge is 2.48. The Labute approximate surface area is 211 Å². The van der Waals surface area contributed by atoms with Crippen LogP contribution in [-0.2, 0) is 4.57 Å². The van der Waals surface area contributed by atoms with Crippen LogP contribution in [0.15, 0.2) is 24.3 Å². The van der Waals surface area contributed by atoms with Crippen LogP contribution in [0, 0.1) is 0 Å². The van der Waals surface area contributed by atoms with Crippen LogP contribution < -0.4 is 0 Å². The monoisotopic (exact) mass is 502 g/mol. The summed E-state index contributed by atoms with van der Waals surface area (Å²) >= 11 is 0. The van der Waals surface area contributed by atoms with Gasteiger partial charge in [-0.25, -0.2) is 0 Å². The Bertz CT molecular complexity index is 579. The SMILES string of the molecule is CCCCCCCCCCCCC/C=C\CCC/C=C\CCCC(O)(C[N+](C)(C)C)P(=O)(O)O. The van der Waals surface area contributed by atoms with Gasteiger partial charge in [-0.2, -0.15) is 0 Å². The van der Waals surface area contributed by atoms with Crippen LogP contribution in [0.5, 0.6) is 0 Å². The van der Waals surface area contributed by atoms with E-state index in [4.69, 9.17) is 0 Å². The van der Waals surface area contributed by atoms with E-state index in [1.165, 1.54) is 77.0 Å². The minimum atomic E-state index is -4.57. The van der Waals surface area contributed by atoms with Crippen LogP contribution in [0.4, 0.5) is 0 Å². The van der Waals surface area contributed by atoms with Crippen molar-refractivity contribution in [1.82, 2.24) is 0 Å². The summed E-state index contributed by atoms with van der Waals surface area (Å²) in [7, 11) is 0.907. The van der Waals surface area contributed by atoms with Gasteiger partial charge in [0, 0.05) is 0 Å². The van der Waals surface area contributed by atoms with Crippen molar-refractivity contribution >= 4 is 7.60 Å². The molecule has 0 aliphatic rings. The molecule has 0 aliphatic heterocycles. The summed E-state index contributed by atoms with van der Waals surface area (Å²) in [5.41, 5.74) is 0. The standard InChI is InChI=1S/C28H56NO4P/c1-5-6-7-8-9-10-11-12-13-14-15-16-17-18-19-20-21-22-23-24-25-26-28(30,34(31,32)33)27-29(2,3)4/h17-18,22-23,30H,5-16,19-21,24-27H2,1-4H3,(H-,31,32,33)/p+1/b18-17-,23-22-. The number of rotatable bonds is 23. The zero-order valence-corrected chi connectivity index (χ0v) is 23.8. The van der Waals surface area contributed by atoms with E-state index in [-0.39, 0.29) is 13.0 Å². The number of allylic oxidation sites excluding steroid dienone is 4. The average molecular weight is 503 g/mol. The molecule has 6 heteroatoms. The number of quaternary nitrogens is 1. The van der Waals surface area contributed by atoms with E-state index < -0.39 is 12.9 Å². The maximum atomic E-state index is 11.8. The van der Waals surface area contributed by atoms with Crippen molar-refractivity contribution in [3.05, 3.63) is 24.3 Å². The molecular formula is C28H57NO4P+. The van der Waals surface area contributed by atoms with Crippen LogP contribution in [0.3, 0.4) is 0 Å². The van der Waals surface area contributed by atoms with Gasteiger partial charge >= 0.3 is 7.60 Å². The van der Waals surface area contributed by atoms with E-state index in [2.05, 4.69) is 31.2 Å². The Morgan fingerprint density at radius 2 is 1.03 bits per heavy atom. The van der Waals surface area contributed by atoms with Gasteiger partial charge in [-0.1, -0.05) is 95.4 Å². The number of hydrogen-bond acceptors (Lipinski definition) is 2. The highest BCUT2D eigenvalue weighted by Crippen LogP contribution is 2.52. The summed E-state index contributed by atoms with van der Waals surface area (Å²) in [4.78, 5) is 19.2. The van der Waals surface area contributed by atoms with Gasteiger partial charge in [0.15, 0.2) is 0 Å². The Hall–Kier alpha value is -0.450. The summed E-state index contributed by atoms with van der Waals surface area (Å²) in [5, 5.41) is 8.59. The molecule has 0 aromatic carbocycles. The van der Waals surface area contributed by atoms with Crippen LogP contribution in [0.2, 0.25) is 0 Å². The summed E-state index contributed by atoms with van der Waals surface area (Å²) in [5.74, 6) is 0. The second-order valence-corrected chi connectivity index (χ2v) is 13.0. The maximum Gasteiger partial charge on any atom is 0.362 e. The first-order valence-corrected chi connectivity index (χ1v) is 15.5. The molecule has 1 atom stereocenters. The zero-order chi connectivity index (χ0) is 25.8. The molecule has 0 rings (SSSR count). The van der Waals surface area contributed by atoms with Gasteiger partial charge in [0.05, 0.1) is 21.1 Å². The minimum Gasteiger partial charge on any atom is -0.373 e. The number of unbranched alkanes of at least 4 members (excludes halogenated alkanes) is 14. The predicted molar refractivity (Wildman–Crippen MR) is 147 cm³/mol. The van der Waals surface area contributed by atoms with Gasteiger partial charge in [0.2, 0.25) is 5.34 Å². The van der Waals surface area contributed by atoms with Crippen molar-refractivity contribution in [2.24, 2.45) is 0 Å². The van der Waals surface area contributed by atoms with Gasteiger partial charge in [-0.15, -0.1) is 0 Å². The Morgan fingerprint density at radius 3 is 1.44 bits per heavy atom. The lowest BCUT2D eigenvalue weighted by atomic mass is 10.1. The summed E-state index contributed by atoms with van der Waals surface area (Å²) in [6, 6.07) is 0. The Morgan fingerprint density at radius 1 is 0.647 bits per heavy atom. The first kappa shape index (κ1) is 33.5. The molecule has 202 valence electrons. The topological polar surface area (TPSA) is 77.8 Å². The summed E-state index contributed by atoms with van der Waals surface area (Å²) in [6.07, 6.45) is 30.0. The van der Waals surface area contributed by atoms with Crippen molar-refractivity contribution in [1.29, 1.82) is 0 Å². The van der Waals surface area contributed by atoms with E-state index in [0.29, 0.717) is 10.9 Å². The van der Waals surface area contributed by atoms with Gasteiger partial charge in [-0.3, -0.25) is 4.57 Å². The molecule has 0 radical (unpaired) electrons. The number of aliphatic hydroxyl groups is 1. The maximum absolute atomic E-state index is 11.8. The molecule has 0 amide bonds. The third kappa shape index (κ3) is 19.8. The molecule has 0 aromatic heterocycles. The van der Waals surface area contributed by atoms with Crippen molar-refractivity contribution in [2.45, 2.75) is 128 Å². The van der Waals surface area contributed by atoms with Crippen LogP contribution >= 0.6 is 7.60 Å². The largest absolute Gasteiger partial charge is 0.373 e. The molecule has 3 N–H and O–H groups in total. The second-order valence-electron chi connectivity index (χ2n) is 11.1. The molecule has 0 saturated carbocycles. The van der Waals surface area contributed by atoms with E-state index in [1.807, 2.05) is 21.1 Å². The minimum absolute atomic E-state index is 0.0342. The number of nitrogens with zero attached hydrogens (tertiary/aromatic N) is 1. The van der Waals surface area contributed by atoms with Crippen LogP contribution in [-0.4, -0.2) is 52.4 Å². The smallest absolute Gasteiger partial charge is 0.362 e. The first-order chi connectivity index (χ1) is 16.0. The summed E-state index contributed by atoms with van der Waals surface area (Å²) < 4.78 is 12.1. The van der Waals surface area contributed by atoms with Gasteiger partial charge in [-0.05, 0) is 51.4 Å². The van der Waals surface area contributed by atoms with Gasteiger partial charge < -0.3 is 19.4 Å². The van der Waals surface area contributed by atoms with E-state index in [9.17, 15) is 19.5 Å². The Kier molecular flexibility index (Phi) is 19.4. The van der Waals surface area contributed by atoms with Crippen molar-refractivity contribution in [2.75, 3.05) is 27.7 Å². The van der Waals surface area contributed by atoms with Crippen molar-refractivity contribution < 1.29 is 23.9 Å². The third-order valence-corrected chi connectivity index (χ3v) is 7.72. The van der Waals surface area contributed by atoms with Crippen molar-refractivity contribution in [3.8, 4) is 0 Å². The molecule has 0 heterocycles. The number of likely N-dealkylation sites (N-methyl/N-ethyl adjacent to an activating group) is 1. The molecule has 1 unspecified atom stereocenters. The predicted octanol–water partition coefficient (Wildman–Crippen LogP) is 7.71. The molecule has 34 heavy (non-hydrogen) atoms. The van der Waals surface area contributed by atoms with Gasteiger partial charge in [0.1, 0.15) is 6.54 Å². The molecule has 0 aromatic rings. The van der Waals surface area contributed by atoms with Crippen LogP contribution in [0.1, 0.15) is 122 Å². The van der Waals surface area contributed by atoms with E-state index in [0.717, 1.165) is 25.7 Å². The fourth-order valence-corrected chi connectivity index (χ4v) is 5.39. The number of hydrogen-bond donors (Lipinski definition) is 3. The molecule has 0 fully saturated rings. The quantitative estimate of drug-likeness (QED) is 0.0578. The molecule has 0 aliphatic carbocycles. The van der Waals surface area contributed by atoms with E-state index in [1.54, 1.807) is 0 Å².